The van der Waals surface area contributed by atoms with E-state index in [0.717, 1.165) is 16.7 Å². The van der Waals surface area contributed by atoms with Gasteiger partial charge in [0.25, 0.3) is 0 Å². The van der Waals surface area contributed by atoms with Gasteiger partial charge in [-0.15, -0.1) is 0 Å². The average molecular weight is 434 g/mol. The van der Waals surface area contributed by atoms with Gasteiger partial charge in [0.15, 0.2) is 11.9 Å². The first-order valence-electron chi connectivity index (χ1n) is 10.6. The molecule has 4 rings (SSSR count). The summed E-state index contributed by atoms with van der Waals surface area (Å²) in [5.41, 5.74) is 2.89. The Hall–Kier alpha value is -2.87. The fourth-order valence-electron chi connectivity index (χ4n) is 4.29. The van der Waals surface area contributed by atoms with E-state index in [1.165, 1.54) is 0 Å². The maximum Gasteiger partial charge on any atom is 0.199 e. The Morgan fingerprint density at radius 2 is 1.22 bits per heavy atom. The van der Waals surface area contributed by atoms with Crippen LogP contribution in [0, 0.1) is 0 Å². The summed E-state index contributed by atoms with van der Waals surface area (Å²) >= 11 is 0. The molecule has 0 bridgehead atoms. The summed E-state index contributed by atoms with van der Waals surface area (Å²) in [7, 11) is 0. The van der Waals surface area contributed by atoms with E-state index < -0.39 is 35.4 Å². The summed E-state index contributed by atoms with van der Waals surface area (Å²) in [6.07, 6.45) is -2.18. The Bertz CT molecular complexity index is 959. The Balaban J connectivity index is 1.81. The van der Waals surface area contributed by atoms with Crippen molar-refractivity contribution in [3.63, 3.8) is 0 Å². The van der Waals surface area contributed by atoms with E-state index >= 15 is 0 Å². The molecule has 0 spiro atoms. The fourth-order valence-corrected chi connectivity index (χ4v) is 4.29. The molecule has 166 valence electrons. The third kappa shape index (κ3) is 3.88. The smallest absolute Gasteiger partial charge is 0.199 e. The van der Waals surface area contributed by atoms with E-state index in [9.17, 15) is 20.1 Å². The zero-order chi connectivity index (χ0) is 22.8. The summed E-state index contributed by atoms with van der Waals surface area (Å²) in [4.78, 5) is 12.8. The molecule has 3 aromatic carbocycles. The van der Waals surface area contributed by atoms with Crippen LogP contribution in [0.15, 0.2) is 91.0 Å². The van der Waals surface area contributed by atoms with Gasteiger partial charge in [-0.2, -0.15) is 0 Å². The fraction of sp³-hybridized carbons (Fsp3) is 0.269. The lowest BCUT2D eigenvalue weighted by Gasteiger charge is -2.43. The molecule has 1 aliphatic rings. The molecular formula is C26H27NO5. The van der Waals surface area contributed by atoms with E-state index in [4.69, 9.17) is 10.5 Å². The number of Topliss-reactive ketones (excluding diaryl/α,β-unsaturated/α-hetero) is 1. The van der Waals surface area contributed by atoms with E-state index in [0.29, 0.717) is 0 Å². The molecule has 0 saturated heterocycles. The van der Waals surface area contributed by atoms with E-state index in [2.05, 4.69) is 0 Å². The number of hydrogen-bond donors (Lipinski definition) is 4. The molecule has 0 radical (unpaired) electrons. The highest BCUT2D eigenvalue weighted by atomic mass is 16.5. The van der Waals surface area contributed by atoms with Crippen LogP contribution in [0.3, 0.4) is 0 Å². The molecule has 3 unspecified atom stereocenters. The second kappa shape index (κ2) is 8.58. The van der Waals surface area contributed by atoms with Gasteiger partial charge in [0, 0.05) is 0 Å². The van der Waals surface area contributed by atoms with Crippen LogP contribution in [0.25, 0.3) is 0 Å². The minimum Gasteiger partial charge on any atom is -0.381 e. The van der Waals surface area contributed by atoms with Gasteiger partial charge >= 0.3 is 0 Å². The number of aliphatic hydroxyl groups excluding tert-OH is 1. The molecule has 1 aliphatic carbocycles. The molecule has 5 N–H and O–H groups in total. The predicted molar refractivity (Wildman–Crippen MR) is 119 cm³/mol. The number of carbonyl (C=O) groups is 1. The standard InChI is InChI=1S/C26H27NO5/c27-25(31)17-16-24(30,22(28)23(25)29)18-32-26(19-10-4-1-5-11-19,20-12-6-2-7-13-20)21-14-8-3-9-15-21/h1-15,23,29-31H,16-18,27H2. The molecule has 32 heavy (non-hydrogen) atoms. The summed E-state index contributed by atoms with van der Waals surface area (Å²) in [6, 6.07) is 28.7. The van der Waals surface area contributed by atoms with E-state index in [1.807, 2.05) is 91.0 Å². The highest BCUT2D eigenvalue weighted by molar-refractivity contribution is 5.92. The minimum absolute atomic E-state index is 0.135. The molecular weight excluding hydrogens is 406 g/mol. The maximum atomic E-state index is 12.8. The quantitative estimate of drug-likeness (QED) is 0.350. The normalized spacial score (nSPS) is 26.1. The Morgan fingerprint density at radius 1 is 0.812 bits per heavy atom. The molecule has 1 fully saturated rings. The van der Waals surface area contributed by atoms with Gasteiger partial charge in [-0.25, -0.2) is 0 Å². The molecule has 6 heteroatoms. The third-order valence-electron chi connectivity index (χ3n) is 6.19. The highest BCUT2D eigenvalue weighted by Gasteiger charge is 2.54. The number of carbonyl (C=O) groups excluding carboxylic acids is 1. The number of rotatable bonds is 6. The Morgan fingerprint density at radius 3 is 1.62 bits per heavy atom. The maximum absolute atomic E-state index is 12.8. The monoisotopic (exact) mass is 433 g/mol. The second-order valence-corrected chi connectivity index (χ2v) is 8.36. The van der Waals surface area contributed by atoms with Crippen LogP contribution in [0.1, 0.15) is 29.5 Å². The van der Waals surface area contributed by atoms with Crippen molar-refractivity contribution in [1.82, 2.24) is 0 Å². The van der Waals surface area contributed by atoms with Crippen molar-refractivity contribution in [3.8, 4) is 0 Å². The van der Waals surface area contributed by atoms with Crippen molar-refractivity contribution in [3.05, 3.63) is 108 Å². The second-order valence-electron chi connectivity index (χ2n) is 8.36. The zero-order valence-corrected chi connectivity index (χ0v) is 17.6. The van der Waals surface area contributed by atoms with Crippen molar-refractivity contribution >= 4 is 5.78 Å². The van der Waals surface area contributed by atoms with Crippen molar-refractivity contribution in [2.24, 2.45) is 5.73 Å². The minimum atomic E-state index is -2.07. The number of ketones is 1. The molecule has 3 atom stereocenters. The number of aliphatic hydroxyl groups is 3. The van der Waals surface area contributed by atoms with Crippen molar-refractivity contribution in [2.45, 2.75) is 35.9 Å². The lowest BCUT2D eigenvalue weighted by Crippen LogP contribution is -2.66. The summed E-state index contributed by atoms with van der Waals surface area (Å²) in [6.45, 7) is -0.391. The third-order valence-corrected chi connectivity index (χ3v) is 6.19. The average Bonchev–Trinajstić information content (AvgIpc) is 2.83. The summed E-state index contributed by atoms with van der Waals surface area (Å²) < 4.78 is 6.51. The number of hydrogen-bond acceptors (Lipinski definition) is 6. The van der Waals surface area contributed by atoms with Crippen LogP contribution >= 0.6 is 0 Å². The topological polar surface area (TPSA) is 113 Å². The molecule has 3 aromatic rings. The highest BCUT2D eigenvalue weighted by Crippen LogP contribution is 2.42. The number of nitrogens with two attached hydrogens (primary N) is 1. The van der Waals surface area contributed by atoms with Gasteiger partial charge < -0.3 is 25.8 Å². The summed E-state index contributed by atoms with van der Waals surface area (Å²) in [5.74, 6) is -0.947. The largest absolute Gasteiger partial charge is 0.381 e. The van der Waals surface area contributed by atoms with E-state index in [-0.39, 0.29) is 12.8 Å². The number of ether oxygens (including phenoxy) is 1. The van der Waals surface area contributed by atoms with Crippen LogP contribution < -0.4 is 5.73 Å². The Labute approximate surface area is 186 Å². The van der Waals surface area contributed by atoms with Gasteiger partial charge in [-0.1, -0.05) is 91.0 Å². The van der Waals surface area contributed by atoms with E-state index in [1.54, 1.807) is 0 Å². The molecule has 0 aliphatic heterocycles. The first-order valence-corrected chi connectivity index (χ1v) is 10.6. The first kappa shape index (κ1) is 22.3. The number of benzene rings is 3. The van der Waals surface area contributed by atoms with Crippen LogP contribution in [-0.2, 0) is 15.1 Å². The van der Waals surface area contributed by atoms with Gasteiger partial charge in [-0.05, 0) is 29.5 Å². The van der Waals surface area contributed by atoms with Gasteiger partial charge in [0.05, 0.1) is 6.61 Å². The Kier molecular flexibility index (Phi) is 5.99. The molecule has 6 nitrogen and oxygen atoms in total. The van der Waals surface area contributed by atoms with Crippen molar-refractivity contribution in [1.29, 1.82) is 0 Å². The lowest BCUT2D eigenvalue weighted by atomic mass is 9.76. The lowest BCUT2D eigenvalue weighted by molar-refractivity contribution is -0.189. The van der Waals surface area contributed by atoms with Crippen LogP contribution in [0.5, 0.6) is 0 Å². The zero-order valence-electron chi connectivity index (χ0n) is 17.6. The van der Waals surface area contributed by atoms with Crippen LogP contribution in [0.2, 0.25) is 0 Å². The first-order chi connectivity index (χ1) is 15.3. The molecule has 1 saturated carbocycles. The van der Waals surface area contributed by atoms with Crippen molar-refractivity contribution < 1.29 is 24.9 Å². The van der Waals surface area contributed by atoms with Crippen LogP contribution in [-0.4, -0.2) is 45.1 Å². The molecule has 0 heterocycles. The van der Waals surface area contributed by atoms with Crippen molar-refractivity contribution in [2.75, 3.05) is 6.61 Å². The van der Waals surface area contributed by atoms with Crippen LogP contribution in [0.4, 0.5) is 0 Å². The van der Waals surface area contributed by atoms with Gasteiger partial charge in [0.2, 0.25) is 0 Å². The summed E-state index contributed by atoms with van der Waals surface area (Å²) in [5, 5.41) is 31.4. The van der Waals surface area contributed by atoms with Gasteiger partial charge in [0.1, 0.15) is 16.9 Å². The SMILES string of the molecule is NC1(O)CCC(O)(COC(c2ccccc2)(c2ccccc2)c2ccccc2)C(=O)C1O. The molecule has 0 aromatic heterocycles. The molecule has 0 amide bonds. The van der Waals surface area contributed by atoms with Gasteiger partial charge in [-0.3, -0.25) is 4.79 Å². The predicted octanol–water partition coefficient (Wildman–Crippen LogP) is 2.10.